The Bertz CT molecular complexity index is 379. The number of nitrogens with zero attached hydrogens (tertiary/aromatic N) is 1. The van der Waals surface area contributed by atoms with E-state index in [-0.39, 0.29) is 10.8 Å². The van der Waals surface area contributed by atoms with Crippen molar-refractivity contribution in [3.63, 3.8) is 0 Å². The third-order valence-corrected chi connectivity index (χ3v) is 3.92. The number of ketones is 1. The summed E-state index contributed by atoms with van der Waals surface area (Å²) >= 11 is 0. The molecule has 0 aromatic heterocycles. The van der Waals surface area contributed by atoms with Crippen LogP contribution in [-0.2, 0) is 4.79 Å². The van der Waals surface area contributed by atoms with Crippen molar-refractivity contribution in [2.45, 2.75) is 73.8 Å². The van der Waals surface area contributed by atoms with E-state index in [1.54, 1.807) is 0 Å². The average Bonchev–Trinajstić information content (AvgIpc) is 2.19. The Morgan fingerprint density at radius 2 is 1.63 bits per heavy atom. The minimum absolute atomic E-state index is 0.0133. The molecule has 0 N–H and O–H groups in total. The zero-order valence-corrected chi connectivity index (χ0v) is 14.1. The first-order valence-corrected chi connectivity index (χ1v) is 7.51. The van der Waals surface area contributed by atoms with Crippen LogP contribution >= 0.6 is 0 Å². The molecule has 0 spiro atoms. The zero-order chi connectivity index (χ0) is 15.0. The molecular formula is C17H31NO. The van der Waals surface area contributed by atoms with Gasteiger partial charge in [-0.1, -0.05) is 54.9 Å². The van der Waals surface area contributed by atoms with Gasteiger partial charge in [0.25, 0.3) is 0 Å². The van der Waals surface area contributed by atoms with Crippen LogP contribution in [0.5, 0.6) is 0 Å². The van der Waals surface area contributed by atoms with Gasteiger partial charge in [0, 0.05) is 36.2 Å². The van der Waals surface area contributed by atoms with Crippen LogP contribution in [0.25, 0.3) is 0 Å². The van der Waals surface area contributed by atoms with Crippen LogP contribution in [-0.4, -0.2) is 23.8 Å². The molecule has 1 rings (SSSR count). The second-order valence-electron chi connectivity index (χ2n) is 7.90. The molecule has 0 saturated heterocycles. The van der Waals surface area contributed by atoms with Crippen LogP contribution in [0.2, 0.25) is 0 Å². The number of hydrogen-bond acceptors (Lipinski definition) is 2. The van der Waals surface area contributed by atoms with Crippen LogP contribution in [0.3, 0.4) is 0 Å². The minimum atomic E-state index is -0.0782. The molecule has 1 aliphatic rings. The summed E-state index contributed by atoms with van der Waals surface area (Å²) < 4.78 is 0. The van der Waals surface area contributed by atoms with Crippen LogP contribution in [0.4, 0.5) is 0 Å². The molecule has 0 aliphatic carbocycles. The van der Waals surface area contributed by atoms with Crippen LogP contribution in [0, 0.1) is 10.8 Å². The minimum Gasteiger partial charge on any atom is -0.374 e. The van der Waals surface area contributed by atoms with E-state index in [1.807, 2.05) is 0 Å². The molecule has 0 aromatic carbocycles. The van der Waals surface area contributed by atoms with Crippen molar-refractivity contribution in [1.82, 2.24) is 4.90 Å². The molecule has 19 heavy (non-hydrogen) atoms. The molecule has 0 amide bonds. The molecule has 1 unspecified atom stereocenters. The quantitative estimate of drug-likeness (QED) is 0.737. The second kappa shape index (κ2) is 5.30. The summed E-state index contributed by atoms with van der Waals surface area (Å²) in [7, 11) is 2.17. The van der Waals surface area contributed by atoms with E-state index in [9.17, 15) is 4.79 Å². The van der Waals surface area contributed by atoms with E-state index >= 15 is 0 Å². The van der Waals surface area contributed by atoms with Crippen molar-refractivity contribution in [1.29, 1.82) is 0 Å². The normalized spacial score (nSPS) is 22.2. The highest BCUT2D eigenvalue weighted by molar-refractivity contribution is 5.98. The molecule has 2 heteroatoms. The average molecular weight is 265 g/mol. The fraction of sp³-hybridized carbons (Fsp3) is 0.824. The van der Waals surface area contributed by atoms with Gasteiger partial charge in [-0.25, -0.2) is 0 Å². The Balaban J connectivity index is 3.40. The van der Waals surface area contributed by atoms with Crippen molar-refractivity contribution < 1.29 is 4.79 Å². The number of carbonyl (C=O) groups is 1. The van der Waals surface area contributed by atoms with Crippen molar-refractivity contribution in [3.8, 4) is 0 Å². The molecule has 1 aliphatic heterocycles. The van der Waals surface area contributed by atoms with Gasteiger partial charge in [-0.2, -0.15) is 0 Å². The second-order valence-corrected chi connectivity index (χ2v) is 7.90. The van der Waals surface area contributed by atoms with Crippen molar-refractivity contribution in [2.75, 3.05) is 7.05 Å². The van der Waals surface area contributed by atoms with E-state index in [4.69, 9.17) is 0 Å². The Morgan fingerprint density at radius 1 is 1.11 bits per heavy atom. The van der Waals surface area contributed by atoms with E-state index < -0.39 is 0 Å². The molecule has 0 aromatic rings. The highest BCUT2D eigenvalue weighted by atomic mass is 16.1. The smallest absolute Gasteiger partial charge is 0.163 e. The lowest BCUT2D eigenvalue weighted by atomic mass is 9.72. The molecule has 110 valence electrons. The van der Waals surface area contributed by atoms with E-state index in [2.05, 4.69) is 60.4 Å². The maximum absolute atomic E-state index is 12.6. The maximum Gasteiger partial charge on any atom is 0.163 e. The lowest BCUT2D eigenvalue weighted by Crippen LogP contribution is -2.45. The van der Waals surface area contributed by atoms with Crippen LogP contribution in [0.1, 0.15) is 67.7 Å². The van der Waals surface area contributed by atoms with Gasteiger partial charge in [-0.15, -0.1) is 0 Å². The predicted molar refractivity (Wildman–Crippen MR) is 82.0 cm³/mol. The third kappa shape index (κ3) is 3.40. The summed E-state index contributed by atoms with van der Waals surface area (Å²) in [5.74, 6) is 0.356. The fourth-order valence-electron chi connectivity index (χ4n) is 3.25. The van der Waals surface area contributed by atoms with Gasteiger partial charge >= 0.3 is 0 Å². The summed E-state index contributed by atoms with van der Waals surface area (Å²) in [6.45, 7) is 15.3. The van der Waals surface area contributed by atoms with Gasteiger partial charge < -0.3 is 4.90 Å². The Kier molecular flexibility index (Phi) is 4.54. The number of allylic oxidation sites excluding steroid dienone is 2. The van der Waals surface area contributed by atoms with Gasteiger partial charge in [-0.3, -0.25) is 4.79 Å². The summed E-state index contributed by atoms with van der Waals surface area (Å²) in [6.07, 6.45) is 2.90. The van der Waals surface area contributed by atoms with Crippen molar-refractivity contribution >= 4 is 5.78 Å². The SMILES string of the molecule is CCCC1CC(=O)C(C(C)(C)C)=C(C(C)(C)C)N1C. The van der Waals surface area contributed by atoms with Gasteiger partial charge in [0.1, 0.15) is 0 Å². The predicted octanol–water partition coefficient (Wildman–Crippen LogP) is 4.41. The number of carbonyl (C=O) groups excluding carboxylic acids is 1. The van der Waals surface area contributed by atoms with E-state index in [1.165, 1.54) is 5.70 Å². The van der Waals surface area contributed by atoms with Gasteiger partial charge in [0.2, 0.25) is 0 Å². The molecule has 0 saturated carbocycles. The summed E-state index contributed by atoms with van der Waals surface area (Å²) in [5.41, 5.74) is 2.22. The molecule has 1 heterocycles. The topological polar surface area (TPSA) is 20.3 Å². The van der Waals surface area contributed by atoms with Crippen molar-refractivity contribution in [2.24, 2.45) is 10.8 Å². The molecule has 1 atom stereocenters. The van der Waals surface area contributed by atoms with Crippen molar-refractivity contribution in [3.05, 3.63) is 11.3 Å². The third-order valence-electron chi connectivity index (χ3n) is 3.92. The molecule has 2 nitrogen and oxygen atoms in total. The largest absolute Gasteiger partial charge is 0.374 e. The maximum atomic E-state index is 12.6. The first-order valence-electron chi connectivity index (χ1n) is 7.51. The lowest BCUT2D eigenvalue weighted by molar-refractivity contribution is -0.119. The molecular weight excluding hydrogens is 234 g/mol. The van der Waals surface area contributed by atoms with Gasteiger partial charge in [0.15, 0.2) is 5.78 Å². The molecule has 0 bridgehead atoms. The van der Waals surface area contributed by atoms with Gasteiger partial charge in [0.05, 0.1) is 0 Å². The molecule has 0 radical (unpaired) electrons. The monoisotopic (exact) mass is 265 g/mol. The summed E-state index contributed by atoms with van der Waals surface area (Å²) in [5, 5.41) is 0. The number of hydrogen-bond donors (Lipinski definition) is 0. The lowest BCUT2D eigenvalue weighted by Gasteiger charge is -2.45. The first-order chi connectivity index (χ1) is 8.50. The zero-order valence-electron chi connectivity index (χ0n) is 14.1. The van der Waals surface area contributed by atoms with Gasteiger partial charge in [-0.05, 0) is 11.8 Å². The highest BCUT2D eigenvalue weighted by Gasteiger charge is 2.40. The highest BCUT2D eigenvalue weighted by Crippen LogP contribution is 2.43. The number of rotatable bonds is 2. The van der Waals surface area contributed by atoms with Crippen LogP contribution in [0.15, 0.2) is 11.3 Å². The Labute approximate surface area is 119 Å². The van der Waals surface area contributed by atoms with Crippen LogP contribution < -0.4 is 0 Å². The Morgan fingerprint density at radius 3 is 2.00 bits per heavy atom. The standard InChI is InChI=1S/C17H31NO/c1-9-10-12-11-13(19)14(16(2,3)4)15(18(12)8)17(5,6)7/h12H,9-11H2,1-8H3. The number of Topliss-reactive ketones (excluding diaryl/α,β-unsaturated/α-hetero) is 1. The van der Waals surface area contributed by atoms with E-state index in [0.717, 1.165) is 18.4 Å². The molecule has 0 fully saturated rings. The Hall–Kier alpha value is -0.790. The summed E-state index contributed by atoms with van der Waals surface area (Å²) in [4.78, 5) is 15.0. The fourth-order valence-corrected chi connectivity index (χ4v) is 3.25. The van der Waals surface area contributed by atoms with E-state index in [0.29, 0.717) is 18.2 Å². The summed E-state index contributed by atoms with van der Waals surface area (Å²) in [6, 6.07) is 0.373. The first kappa shape index (κ1) is 16.3.